The SMILES string of the molecule is CCc1c(F)ccc2cc(O)cc(-c3ncc4c(N5C[C@@H]6C[C@H]5CN6)nc(OC5CCOCC5)nc4c3OCc3ccc(-c4cn([C@H](C(=O)N5C[C@H](O)C[C@H]5C(=O)N[C@@H](CO)c5ccc(-c6cccc(F)c6F)cc5)C(C)C)nn4)cc3)c12. The van der Waals surface area contributed by atoms with E-state index in [2.05, 4.69) is 25.8 Å². The summed E-state index contributed by atoms with van der Waals surface area (Å²) >= 11 is 0. The normalized spacial score (nSPS) is 19.7. The highest BCUT2D eigenvalue weighted by atomic mass is 19.2. The number of ether oxygens (including phenoxy) is 3. The summed E-state index contributed by atoms with van der Waals surface area (Å²) in [5, 5.41) is 49.6. The third-order valence-electron chi connectivity index (χ3n) is 16.4. The van der Waals surface area contributed by atoms with Crippen LogP contribution < -0.4 is 25.0 Å². The molecule has 4 aliphatic rings. The first-order valence-corrected chi connectivity index (χ1v) is 28.2. The Hall–Kier alpha value is -8.24. The van der Waals surface area contributed by atoms with Crippen molar-refractivity contribution in [3.8, 4) is 51.2 Å². The van der Waals surface area contributed by atoms with Gasteiger partial charge in [0.15, 0.2) is 17.4 Å². The fourth-order valence-corrected chi connectivity index (χ4v) is 12.2. The lowest BCUT2D eigenvalue weighted by molar-refractivity contribution is -0.142. The number of phenolic OH excluding ortho intramolecular Hbond substituents is 1. The summed E-state index contributed by atoms with van der Waals surface area (Å²) < 4.78 is 64.8. The molecule has 0 aliphatic carbocycles. The number of phenols is 1. The van der Waals surface area contributed by atoms with Crippen LogP contribution in [0.15, 0.2) is 103 Å². The van der Waals surface area contributed by atoms with E-state index in [9.17, 15) is 33.7 Å². The number of rotatable bonds is 17. The predicted molar refractivity (Wildman–Crippen MR) is 303 cm³/mol. The number of hydrogen-bond donors (Lipinski definition) is 5. The number of aliphatic hydroxyl groups is 2. The van der Waals surface area contributed by atoms with E-state index >= 15 is 4.39 Å². The molecule has 4 fully saturated rings. The highest BCUT2D eigenvalue weighted by Gasteiger charge is 2.44. The van der Waals surface area contributed by atoms with Crippen molar-refractivity contribution in [2.75, 3.05) is 44.4 Å². The van der Waals surface area contributed by atoms with Crippen LogP contribution >= 0.6 is 0 Å². The average molecular weight is 1130 g/mol. The molecule has 21 heteroatoms. The monoisotopic (exact) mass is 1130 g/mol. The van der Waals surface area contributed by atoms with Crippen LogP contribution in [-0.4, -0.2) is 132 Å². The van der Waals surface area contributed by atoms with Gasteiger partial charge in [0.25, 0.3) is 0 Å². The number of aromatic hydroxyl groups is 1. The molecule has 8 aromatic rings. The van der Waals surface area contributed by atoms with Crippen LogP contribution in [0.2, 0.25) is 0 Å². The van der Waals surface area contributed by atoms with Crippen molar-refractivity contribution in [1.29, 1.82) is 0 Å². The minimum atomic E-state index is -1.08. The van der Waals surface area contributed by atoms with Crippen LogP contribution in [0.5, 0.6) is 17.5 Å². The molecule has 2 amide bonds. The quantitative estimate of drug-likeness (QED) is 0.0581. The van der Waals surface area contributed by atoms with E-state index in [4.69, 9.17) is 29.2 Å². The Kier molecular flexibility index (Phi) is 15.5. The fourth-order valence-electron chi connectivity index (χ4n) is 12.2. The summed E-state index contributed by atoms with van der Waals surface area (Å²) in [6, 6.07) is 21.7. The van der Waals surface area contributed by atoms with Crippen molar-refractivity contribution in [3.05, 3.63) is 138 Å². The number of carbonyl (C=O) groups is 2. The number of aromatic nitrogens is 6. The van der Waals surface area contributed by atoms with Crippen molar-refractivity contribution in [1.82, 2.24) is 45.5 Å². The molecule has 5 N–H and O–H groups in total. The molecule has 0 spiro atoms. The number of hydrogen-bond acceptors (Lipinski definition) is 15. The zero-order valence-corrected chi connectivity index (χ0v) is 46.0. The van der Waals surface area contributed by atoms with Crippen molar-refractivity contribution < 1.29 is 52.3 Å². The Morgan fingerprint density at radius 2 is 1.70 bits per heavy atom. The molecule has 430 valence electrons. The second-order valence-corrected chi connectivity index (χ2v) is 22.2. The summed E-state index contributed by atoms with van der Waals surface area (Å²) in [5.41, 5.74) is 4.59. The summed E-state index contributed by atoms with van der Waals surface area (Å²) in [6.45, 7) is 7.65. The number of nitrogens with zero attached hydrogens (tertiary/aromatic N) is 8. The van der Waals surface area contributed by atoms with Crippen LogP contribution in [0, 0.1) is 23.4 Å². The molecule has 4 saturated heterocycles. The average Bonchev–Trinajstić information content (AvgIpc) is 3.24. The van der Waals surface area contributed by atoms with E-state index in [-0.39, 0.29) is 60.8 Å². The molecule has 83 heavy (non-hydrogen) atoms. The maximum absolute atomic E-state index is 15.7. The number of piperazine rings is 1. The third kappa shape index (κ3) is 10.9. The van der Waals surface area contributed by atoms with E-state index in [1.165, 1.54) is 27.8 Å². The summed E-state index contributed by atoms with van der Waals surface area (Å²) in [4.78, 5) is 47.4. The number of halogens is 3. The number of amides is 2. The number of nitrogens with one attached hydrogen (secondary N) is 2. The largest absolute Gasteiger partial charge is 0.508 e. The van der Waals surface area contributed by atoms with E-state index < -0.39 is 54.3 Å². The lowest BCUT2D eigenvalue weighted by atomic mass is 9.94. The van der Waals surface area contributed by atoms with Gasteiger partial charge < -0.3 is 50.0 Å². The minimum absolute atomic E-state index is 0.0293. The smallest absolute Gasteiger partial charge is 0.319 e. The highest BCUT2D eigenvalue weighted by molar-refractivity contribution is 6.04. The molecule has 7 heterocycles. The number of pyridine rings is 1. The first-order valence-electron chi connectivity index (χ1n) is 28.2. The van der Waals surface area contributed by atoms with Crippen molar-refractivity contribution in [2.45, 2.75) is 102 Å². The second-order valence-electron chi connectivity index (χ2n) is 22.2. The number of fused-ring (bicyclic) bond motifs is 4. The first kappa shape index (κ1) is 55.3. The van der Waals surface area contributed by atoms with Gasteiger partial charge in [-0.25, -0.2) is 17.9 Å². The number of likely N-dealkylation sites (tertiary alicyclic amines) is 1. The van der Waals surface area contributed by atoms with E-state index in [0.29, 0.717) is 111 Å². The molecule has 2 bridgehead atoms. The maximum Gasteiger partial charge on any atom is 0.319 e. The molecule has 18 nitrogen and oxygen atoms in total. The molecular weight excluding hydrogens is 1070 g/mol. The van der Waals surface area contributed by atoms with E-state index in [0.717, 1.165) is 31.1 Å². The number of aryl methyl sites for hydroxylation is 1. The van der Waals surface area contributed by atoms with E-state index in [1.807, 2.05) is 45.0 Å². The van der Waals surface area contributed by atoms with Crippen molar-refractivity contribution in [3.63, 3.8) is 0 Å². The molecule has 0 saturated carbocycles. The van der Waals surface area contributed by atoms with Crippen LogP contribution in [0.1, 0.15) is 75.2 Å². The Morgan fingerprint density at radius 1 is 0.916 bits per heavy atom. The Bertz CT molecular complexity index is 3730. The highest BCUT2D eigenvalue weighted by Crippen LogP contribution is 2.45. The second kappa shape index (κ2) is 23.2. The number of anilines is 1. The summed E-state index contributed by atoms with van der Waals surface area (Å²) in [7, 11) is 0. The predicted octanol–water partition coefficient (Wildman–Crippen LogP) is 8.15. The van der Waals surface area contributed by atoms with Crippen LogP contribution in [-0.2, 0) is 27.4 Å². The van der Waals surface area contributed by atoms with Gasteiger partial charge in [-0.1, -0.05) is 92.7 Å². The van der Waals surface area contributed by atoms with Gasteiger partial charge in [0.05, 0.1) is 43.5 Å². The summed E-state index contributed by atoms with van der Waals surface area (Å²) in [6.07, 6.45) is 4.88. The van der Waals surface area contributed by atoms with Crippen LogP contribution in [0.25, 0.3) is 55.3 Å². The van der Waals surface area contributed by atoms with Gasteiger partial charge in [-0.05, 0) is 76.1 Å². The number of carbonyl (C=O) groups excluding carboxylic acids is 2. The van der Waals surface area contributed by atoms with E-state index in [1.54, 1.807) is 54.9 Å². The zero-order chi connectivity index (χ0) is 57.6. The molecule has 6 atom stereocenters. The van der Waals surface area contributed by atoms with Crippen LogP contribution in [0.4, 0.5) is 19.0 Å². The molecule has 5 aromatic carbocycles. The van der Waals surface area contributed by atoms with Crippen molar-refractivity contribution >= 4 is 39.3 Å². The molecule has 3 aromatic heterocycles. The molecule has 4 aliphatic heterocycles. The first-order chi connectivity index (χ1) is 40.2. The van der Waals surface area contributed by atoms with Crippen molar-refractivity contribution in [2.24, 2.45) is 5.92 Å². The topological polar surface area (TPSA) is 222 Å². The number of benzene rings is 5. The van der Waals surface area contributed by atoms with Gasteiger partial charge in [-0.15, -0.1) is 5.10 Å². The van der Waals surface area contributed by atoms with Gasteiger partial charge in [-0.3, -0.25) is 14.6 Å². The van der Waals surface area contributed by atoms with Gasteiger partial charge >= 0.3 is 6.01 Å². The Balaban J connectivity index is 0.811. The standard InChI is InChI=1S/C62H63F3N10O8/c1-4-44-48(63)17-16-38-22-41(77)24-46(53(38)44)55-58(56-47(27-67-55)59(73-28-39-23-40(73)26-66-39)70-62(69-56)83-43-18-20-81-21-19-43)82-32-34-8-10-36(11-9-34)50-30-75(72-71-50)57(33(2)3)61(80)74-29-42(78)25-52(74)60(79)68-51(31-76)37-14-12-35(13-15-37)45-6-5-7-49(64)54(45)65/h5-17,22,24,27,30,33,39-40,42-43,51-52,57,66,76-78H,4,18-21,23,25-26,28-29,31-32H2,1-3H3,(H,68,79)/t39-,40-,42+,51-,52-,57-/m0/s1. The molecule has 0 unspecified atom stereocenters. The van der Waals surface area contributed by atoms with Crippen LogP contribution in [0.3, 0.4) is 0 Å². The molecule has 12 rings (SSSR count). The van der Waals surface area contributed by atoms with Gasteiger partial charge in [-0.2, -0.15) is 9.97 Å². The number of β-amino-alcohol motifs (C(OH)–C–C–N with tert-alkyl or cyclic N) is 1. The zero-order valence-electron chi connectivity index (χ0n) is 46.0. The molecule has 0 radical (unpaired) electrons. The lowest BCUT2D eigenvalue weighted by Crippen LogP contribution is -2.50. The fraction of sp³-hybridized carbons (Fsp3) is 0.371. The van der Waals surface area contributed by atoms with Gasteiger partial charge in [0, 0.05) is 73.9 Å². The van der Waals surface area contributed by atoms with Gasteiger partial charge in [0.2, 0.25) is 11.8 Å². The minimum Gasteiger partial charge on any atom is -0.508 e. The summed E-state index contributed by atoms with van der Waals surface area (Å²) in [5.74, 6) is -2.79. The van der Waals surface area contributed by atoms with Gasteiger partial charge in [0.1, 0.15) is 59.1 Å². The maximum atomic E-state index is 15.7. The Labute approximate surface area is 476 Å². The third-order valence-corrected chi connectivity index (χ3v) is 16.4. The number of aliphatic hydroxyl groups excluding tert-OH is 2. The molecular formula is C62H63F3N10O8. The lowest BCUT2D eigenvalue weighted by Gasteiger charge is -2.30. The Morgan fingerprint density at radius 3 is 2.42 bits per heavy atom.